The molecule has 0 saturated heterocycles. The Morgan fingerprint density at radius 3 is 2.52 bits per heavy atom. The Bertz CT molecular complexity index is 383. The van der Waals surface area contributed by atoms with Crippen LogP contribution < -0.4 is 0 Å². The first-order valence-electron chi connectivity index (χ1n) is 9.01. The number of nitrogens with zero attached hydrogens (tertiary/aromatic N) is 1. The molecular weight excluding hydrogens is 262 g/mol. The molecule has 6 atom stereocenters. The van der Waals surface area contributed by atoms with Gasteiger partial charge < -0.3 is 10.0 Å². The van der Waals surface area contributed by atoms with Crippen molar-refractivity contribution in [3.63, 3.8) is 0 Å². The van der Waals surface area contributed by atoms with E-state index in [2.05, 4.69) is 18.9 Å². The first-order chi connectivity index (χ1) is 10.1. The van der Waals surface area contributed by atoms with Gasteiger partial charge in [0.05, 0.1) is 5.92 Å². The lowest BCUT2D eigenvalue weighted by atomic mass is 9.76. The first kappa shape index (κ1) is 15.3. The predicted molar refractivity (Wildman–Crippen MR) is 84.1 cm³/mol. The fourth-order valence-corrected chi connectivity index (χ4v) is 5.48. The fourth-order valence-electron chi connectivity index (χ4n) is 5.48. The third-order valence-corrected chi connectivity index (χ3v) is 6.79. The fraction of sp³-hybridized carbons (Fsp3) is 0.944. The van der Waals surface area contributed by atoms with Gasteiger partial charge in [0, 0.05) is 12.6 Å². The maximum atomic E-state index is 11.6. The predicted octanol–water partition coefficient (Wildman–Crippen LogP) is 3.63. The van der Waals surface area contributed by atoms with Crippen molar-refractivity contribution in [3.8, 4) is 0 Å². The highest BCUT2D eigenvalue weighted by Crippen LogP contribution is 2.48. The van der Waals surface area contributed by atoms with Crippen LogP contribution in [-0.4, -0.2) is 35.6 Å². The van der Waals surface area contributed by atoms with E-state index in [0.717, 1.165) is 49.5 Å². The summed E-state index contributed by atoms with van der Waals surface area (Å²) in [6, 6.07) is 0.264. The lowest BCUT2D eigenvalue weighted by molar-refractivity contribution is -0.146. The van der Waals surface area contributed by atoms with Crippen LogP contribution in [0.4, 0.5) is 0 Å². The highest BCUT2D eigenvalue weighted by atomic mass is 16.4. The van der Waals surface area contributed by atoms with Crippen molar-refractivity contribution in [1.29, 1.82) is 0 Å². The number of aliphatic carboxylic acids is 1. The van der Waals surface area contributed by atoms with Crippen molar-refractivity contribution in [2.45, 2.75) is 64.3 Å². The summed E-state index contributed by atoms with van der Waals surface area (Å²) in [7, 11) is 2.19. The van der Waals surface area contributed by atoms with E-state index >= 15 is 0 Å². The molecule has 3 aliphatic rings. The van der Waals surface area contributed by atoms with Gasteiger partial charge in [0.2, 0.25) is 0 Å². The minimum atomic E-state index is -0.575. The summed E-state index contributed by atoms with van der Waals surface area (Å²) in [5.41, 5.74) is 0. The average molecular weight is 293 g/mol. The Morgan fingerprint density at radius 2 is 1.95 bits per heavy atom. The van der Waals surface area contributed by atoms with E-state index in [4.69, 9.17) is 0 Å². The van der Waals surface area contributed by atoms with Gasteiger partial charge in [-0.05, 0) is 69.2 Å². The molecular formula is C18H31NO2. The summed E-state index contributed by atoms with van der Waals surface area (Å²) in [6.07, 6.45) is 9.98. The molecule has 3 saturated carbocycles. The monoisotopic (exact) mass is 293 g/mol. The molecule has 0 radical (unpaired) electrons. The maximum absolute atomic E-state index is 11.6. The van der Waals surface area contributed by atoms with Gasteiger partial charge in [-0.2, -0.15) is 0 Å². The van der Waals surface area contributed by atoms with Crippen LogP contribution in [0.3, 0.4) is 0 Å². The summed E-state index contributed by atoms with van der Waals surface area (Å²) >= 11 is 0. The Labute approximate surface area is 129 Å². The normalized spacial score (nSPS) is 42.6. The van der Waals surface area contributed by atoms with Crippen molar-refractivity contribution in [2.24, 2.45) is 29.6 Å². The molecule has 6 unspecified atom stereocenters. The van der Waals surface area contributed by atoms with Crippen LogP contribution in [0.25, 0.3) is 0 Å². The van der Waals surface area contributed by atoms with Gasteiger partial charge in [-0.15, -0.1) is 0 Å². The van der Waals surface area contributed by atoms with Crippen LogP contribution in [0.5, 0.6) is 0 Å². The van der Waals surface area contributed by atoms with Gasteiger partial charge in [-0.1, -0.05) is 19.8 Å². The molecule has 0 heterocycles. The van der Waals surface area contributed by atoms with E-state index in [-0.39, 0.29) is 12.0 Å². The summed E-state index contributed by atoms with van der Waals surface area (Å²) in [6.45, 7) is 3.38. The molecule has 3 rings (SSSR count). The van der Waals surface area contributed by atoms with E-state index < -0.39 is 5.97 Å². The van der Waals surface area contributed by atoms with Crippen LogP contribution >= 0.6 is 0 Å². The van der Waals surface area contributed by atoms with E-state index in [0.29, 0.717) is 0 Å². The number of fused-ring (bicyclic) bond motifs is 2. The second kappa shape index (κ2) is 6.28. The molecule has 2 bridgehead atoms. The van der Waals surface area contributed by atoms with Crippen molar-refractivity contribution in [3.05, 3.63) is 0 Å². The Hall–Kier alpha value is -0.570. The molecule has 21 heavy (non-hydrogen) atoms. The summed E-state index contributed by atoms with van der Waals surface area (Å²) in [4.78, 5) is 14.0. The number of carboxylic acid groups (broad SMARTS) is 1. The molecule has 3 aliphatic carbocycles. The molecule has 3 nitrogen and oxygen atoms in total. The molecule has 0 aromatic carbocycles. The summed E-state index contributed by atoms with van der Waals surface area (Å²) in [5, 5.41) is 9.56. The summed E-state index contributed by atoms with van der Waals surface area (Å²) in [5.74, 6) is 2.77. The molecule has 0 aromatic rings. The Balaban J connectivity index is 1.62. The van der Waals surface area contributed by atoms with Crippen LogP contribution in [0.1, 0.15) is 58.3 Å². The van der Waals surface area contributed by atoms with E-state index in [1.165, 1.54) is 32.1 Å². The molecule has 120 valence electrons. The maximum Gasteiger partial charge on any atom is 0.308 e. The highest BCUT2D eigenvalue weighted by Gasteiger charge is 2.42. The third kappa shape index (κ3) is 3.13. The molecule has 0 amide bonds. The smallest absolute Gasteiger partial charge is 0.308 e. The Morgan fingerprint density at radius 1 is 1.14 bits per heavy atom. The third-order valence-electron chi connectivity index (χ3n) is 6.79. The van der Waals surface area contributed by atoms with E-state index in [1.54, 1.807) is 0 Å². The molecule has 3 heteroatoms. The highest BCUT2D eigenvalue weighted by molar-refractivity contribution is 5.71. The van der Waals surface area contributed by atoms with Crippen LogP contribution in [0.2, 0.25) is 0 Å². The van der Waals surface area contributed by atoms with Gasteiger partial charge >= 0.3 is 5.97 Å². The minimum Gasteiger partial charge on any atom is -0.481 e. The Kier molecular flexibility index (Phi) is 4.58. The van der Waals surface area contributed by atoms with Crippen LogP contribution in [0.15, 0.2) is 0 Å². The van der Waals surface area contributed by atoms with E-state index in [9.17, 15) is 9.90 Å². The van der Waals surface area contributed by atoms with Crippen molar-refractivity contribution in [2.75, 3.05) is 13.6 Å². The number of carbonyl (C=O) groups is 1. The standard InChI is InChI=1S/C18H31NO2/c1-3-12-5-7-16(18(20)21)17(10-12)19(2)11-15-9-13-4-6-14(15)8-13/h12-17H,3-11H2,1-2H3,(H,20,21). The quantitative estimate of drug-likeness (QED) is 0.841. The zero-order chi connectivity index (χ0) is 15.0. The van der Waals surface area contributed by atoms with Crippen LogP contribution in [-0.2, 0) is 4.79 Å². The molecule has 3 fully saturated rings. The minimum absolute atomic E-state index is 0.142. The number of hydrogen-bond acceptors (Lipinski definition) is 2. The van der Waals surface area contributed by atoms with Crippen molar-refractivity contribution in [1.82, 2.24) is 4.90 Å². The van der Waals surface area contributed by atoms with Gasteiger partial charge in [-0.3, -0.25) is 4.79 Å². The zero-order valence-electron chi connectivity index (χ0n) is 13.6. The number of hydrogen-bond donors (Lipinski definition) is 1. The van der Waals surface area contributed by atoms with Gasteiger partial charge in [0.1, 0.15) is 0 Å². The van der Waals surface area contributed by atoms with Crippen molar-refractivity contribution >= 4 is 5.97 Å². The lowest BCUT2D eigenvalue weighted by Gasteiger charge is -2.41. The molecule has 0 spiro atoms. The van der Waals surface area contributed by atoms with Crippen LogP contribution in [0, 0.1) is 29.6 Å². The van der Waals surface area contributed by atoms with Crippen molar-refractivity contribution < 1.29 is 9.90 Å². The molecule has 0 aromatic heterocycles. The largest absolute Gasteiger partial charge is 0.481 e. The average Bonchev–Trinajstić information content (AvgIpc) is 3.09. The van der Waals surface area contributed by atoms with Gasteiger partial charge in [0.15, 0.2) is 0 Å². The number of carboxylic acids is 1. The second-order valence-electron chi connectivity index (χ2n) is 7.97. The molecule has 1 N–H and O–H groups in total. The molecule has 0 aliphatic heterocycles. The zero-order valence-corrected chi connectivity index (χ0v) is 13.6. The topological polar surface area (TPSA) is 40.5 Å². The second-order valence-corrected chi connectivity index (χ2v) is 7.97. The SMILES string of the molecule is CCC1CCC(C(=O)O)C(N(C)CC2CC3CCC2C3)C1. The van der Waals surface area contributed by atoms with E-state index in [1.807, 2.05) is 0 Å². The number of rotatable bonds is 5. The lowest BCUT2D eigenvalue weighted by Crippen LogP contribution is -2.47. The van der Waals surface area contributed by atoms with Gasteiger partial charge in [-0.25, -0.2) is 0 Å². The van der Waals surface area contributed by atoms with Gasteiger partial charge in [0.25, 0.3) is 0 Å². The first-order valence-corrected chi connectivity index (χ1v) is 9.01. The summed E-state index contributed by atoms with van der Waals surface area (Å²) < 4.78 is 0.